The predicted molar refractivity (Wildman–Crippen MR) is 102 cm³/mol. The van der Waals surface area contributed by atoms with Crippen LogP contribution in [-0.2, 0) is 10.3 Å². The summed E-state index contributed by atoms with van der Waals surface area (Å²) in [5.74, 6) is 1.64. The molecule has 1 unspecified atom stereocenters. The van der Waals surface area contributed by atoms with Crippen LogP contribution >= 0.6 is 0 Å². The fourth-order valence-corrected chi connectivity index (χ4v) is 3.37. The Bertz CT molecular complexity index is 885. The van der Waals surface area contributed by atoms with Crippen LogP contribution in [0.3, 0.4) is 0 Å². The van der Waals surface area contributed by atoms with Gasteiger partial charge in [0.2, 0.25) is 0 Å². The van der Waals surface area contributed by atoms with Crippen molar-refractivity contribution in [1.29, 1.82) is 0 Å². The second-order valence-corrected chi connectivity index (χ2v) is 6.80. The van der Waals surface area contributed by atoms with Gasteiger partial charge in [-0.05, 0) is 31.5 Å². The summed E-state index contributed by atoms with van der Waals surface area (Å²) >= 11 is 0. The van der Waals surface area contributed by atoms with Crippen LogP contribution in [0.5, 0.6) is 0 Å². The number of anilines is 1. The Hall–Kier alpha value is -2.79. The number of aryl methyl sites for hydroxylation is 1. The Balaban J connectivity index is 1.66. The molecule has 1 aliphatic rings. The van der Waals surface area contributed by atoms with E-state index in [0.717, 1.165) is 30.2 Å². The van der Waals surface area contributed by atoms with E-state index in [4.69, 9.17) is 9.72 Å². The number of morpholine rings is 1. The van der Waals surface area contributed by atoms with Crippen molar-refractivity contribution in [2.75, 3.05) is 24.6 Å². The molecule has 0 N–H and O–H groups in total. The van der Waals surface area contributed by atoms with Gasteiger partial charge in [-0.1, -0.05) is 30.3 Å². The minimum Gasteiger partial charge on any atom is -0.367 e. The Labute approximate surface area is 153 Å². The standard InChI is InChI=1S/C21H22N4O/c1-16-13-19(24-20(23-16)17-7-6-10-22-14-17)25-11-12-26-21(2,15-25)18-8-4-3-5-9-18/h3-10,13-14H,11-12,15H2,1-2H3. The third kappa shape index (κ3) is 3.30. The van der Waals surface area contributed by atoms with Gasteiger partial charge in [0.15, 0.2) is 5.82 Å². The maximum Gasteiger partial charge on any atom is 0.163 e. The van der Waals surface area contributed by atoms with Gasteiger partial charge < -0.3 is 9.64 Å². The molecule has 1 saturated heterocycles. The second kappa shape index (κ2) is 6.84. The summed E-state index contributed by atoms with van der Waals surface area (Å²) in [5.41, 5.74) is 2.70. The number of rotatable bonds is 3. The SMILES string of the molecule is Cc1cc(N2CCOC(C)(c3ccccc3)C2)nc(-c2cccnc2)n1. The normalized spacial score (nSPS) is 20.2. The number of aromatic nitrogens is 3. The monoisotopic (exact) mass is 346 g/mol. The van der Waals surface area contributed by atoms with Gasteiger partial charge in [-0.2, -0.15) is 0 Å². The summed E-state index contributed by atoms with van der Waals surface area (Å²) < 4.78 is 6.15. The first-order chi connectivity index (χ1) is 12.6. The Morgan fingerprint density at radius 1 is 1.08 bits per heavy atom. The van der Waals surface area contributed by atoms with Crippen LogP contribution in [0.25, 0.3) is 11.4 Å². The number of hydrogen-bond acceptors (Lipinski definition) is 5. The van der Waals surface area contributed by atoms with Crippen LogP contribution < -0.4 is 4.90 Å². The van der Waals surface area contributed by atoms with Crippen LogP contribution in [0.15, 0.2) is 60.9 Å². The van der Waals surface area contributed by atoms with E-state index in [1.807, 2.05) is 31.2 Å². The van der Waals surface area contributed by atoms with Crippen molar-refractivity contribution in [3.05, 3.63) is 72.2 Å². The van der Waals surface area contributed by atoms with Gasteiger partial charge in [0.25, 0.3) is 0 Å². The zero-order valence-corrected chi connectivity index (χ0v) is 15.1. The first kappa shape index (κ1) is 16.7. The van der Waals surface area contributed by atoms with Crippen LogP contribution in [0.2, 0.25) is 0 Å². The van der Waals surface area contributed by atoms with Crippen LogP contribution in [0, 0.1) is 6.92 Å². The summed E-state index contributed by atoms with van der Waals surface area (Å²) in [6.45, 7) is 6.37. The molecule has 0 bridgehead atoms. The molecule has 1 atom stereocenters. The lowest BCUT2D eigenvalue weighted by Crippen LogP contribution is -2.48. The molecule has 5 nitrogen and oxygen atoms in total. The van der Waals surface area contributed by atoms with Gasteiger partial charge in [0, 0.05) is 36.3 Å². The summed E-state index contributed by atoms with van der Waals surface area (Å²) in [6, 6.07) is 16.3. The second-order valence-electron chi connectivity index (χ2n) is 6.80. The quantitative estimate of drug-likeness (QED) is 0.725. The average Bonchev–Trinajstić information content (AvgIpc) is 2.69. The molecular weight excluding hydrogens is 324 g/mol. The maximum absolute atomic E-state index is 6.15. The molecular formula is C21H22N4O. The van der Waals surface area contributed by atoms with Crippen molar-refractivity contribution in [2.24, 2.45) is 0 Å². The van der Waals surface area contributed by atoms with E-state index in [1.54, 1.807) is 12.4 Å². The highest BCUT2D eigenvalue weighted by Gasteiger charge is 2.34. The van der Waals surface area contributed by atoms with E-state index in [0.29, 0.717) is 12.4 Å². The summed E-state index contributed by atoms with van der Waals surface area (Å²) in [5, 5.41) is 0. The van der Waals surface area contributed by atoms with Gasteiger partial charge in [-0.15, -0.1) is 0 Å². The van der Waals surface area contributed by atoms with Crippen molar-refractivity contribution in [2.45, 2.75) is 19.4 Å². The molecule has 1 aromatic carbocycles. The highest BCUT2D eigenvalue weighted by atomic mass is 16.5. The number of pyridine rings is 1. The van der Waals surface area contributed by atoms with E-state index < -0.39 is 0 Å². The van der Waals surface area contributed by atoms with E-state index in [2.05, 4.69) is 46.1 Å². The predicted octanol–water partition coefficient (Wildman–Crippen LogP) is 3.60. The van der Waals surface area contributed by atoms with Crippen molar-refractivity contribution in [1.82, 2.24) is 15.0 Å². The van der Waals surface area contributed by atoms with Crippen molar-refractivity contribution >= 4 is 5.82 Å². The largest absolute Gasteiger partial charge is 0.367 e. The fraction of sp³-hybridized carbons (Fsp3) is 0.286. The van der Waals surface area contributed by atoms with Crippen molar-refractivity contribution in [3.8, 4) is 11.4 Å². The minimum atomic E-state index is -0.354. The third-order valence-electron chi connectivity index (χ3n) is 4.74. The molecule has 0 amide bonds. The molecule has 0 radical (unpaired) electrons. The smallest absolute Gasteiger partial charge is 0.163 e. The van der Waals surface area contributed by atoms with E-state index in [-0.39, 0.29) is 5.60 Å². The Morgan fingerprint density at radius 3 is 2.69 bits per heavy atom. The molecule has 26 heavy (non-hydrogen) atoms. The van der Waals surface area contributed by atoms with Crippen LogP contribution in [0.4, 0.5) is 5.82 Å². The van der Waals surface area contributed by atoms with Crippen LogP contribution in [0.1, 0.15) is 18.2 Å². The van der Waals surface area contributed by atoms with E-state index in [9.17, 15) is 0 Å². The lowest BCUT2D eigenvalue weighted by Gasteiger charge is -2.41. The topological polar surface area (TPSA) is 51.1 Å². The highest BCUT2D eigenvalue weighted by molar-refractivity contribution is 5.57. The van der Waals surface area contributed by atoms with E-state index in [1.165, 1.54) is 5.56 Å². The van der Waals surface area contributed by atoms with Crippen molar-refractivity contribution in [3.63, 3.8) is 0 Å². The van der Waals surface area contributed by atoms with Gasteiger partial charge in [0.1, 0.15) is 11.4 Å². The molecule has 3 heterocycles. The number of benzene rings is 1. The molecule has 2 aromatic heterocycles. The van der Waals surface area contributed by atoms with Gasteiger partial charge in [-0.3, -0.25) is 4.98 Å². The molecule has 0 saturated carbocycles. The molecule has 0 aliphatic carbocycles. The number of hydrogen-bond donors (Lipinski definition) is 0. The maximum atomic E-state index is 6.15. The average molecular weight is 346 g/mol. The lowest BCUT2D eigenvalue weighted by atomic mass is 9.94. The fourth-order valence-electron chi connectivity index (χ4n) is 3.37. The molecule has 1 fully saturated rings. The first-order valence-corrected chi connectivity index (χ1v) is 8.85. The third-order valence-corrected chi connectivity index (χ3v) is 4.74. The first-order valence-electron chi connectivity index (χ1n) is 8.85. The van der Waals surface area contributed by atoms with Crippen molar-refractivity contribution < 1.29 is 4.74 Å². The zero-order valence-electron chi connectivity index (χ0n) is 15.1. The van der Waals surface area contributed by atoms with E-state index >= 15 is 0 Å². The number of nitrogens with zero attached hydrogens (tertiary/aromatic N) is 4. The molecule has 4 rings (SSSR count). The summed E-state index contributed by atoms with van der Waals surface area (Å²) in [6.07, 6.45) is 3.55. The molecule has 5 heteroatoms. The van der Waals surface area contributed by atoms with Gasteiger partial charge in [-0.25, -0.2) is 9.97 Å². The lowest BCUT2D eigenvalue weighted by molar-refractivity contribution is -0.0468. The molecule has 0 spiro atoms. The molecule has 132 valence electrons. The van der Waals surface area contributed by atoms with Crippen LogP contribution in [-0.4, -0.2) is 34.6 Å². The molecule has 3 aromatic rings. The summed E-state index contributed by atoms with van der Waals surface area (Å²) in [7, 11) is 0. The Morgan fingerprint density at radius 2 is 1.92 bits per heavy atom. The highest BCUT2D eigenvalue weighted by Crippen LogP contribution is 2.31. The van der Waals surface area contributed by atoms with Gasteiger partial charge in [0.05, 0.1) is 13.2 Å². The Kier molecular flexibility index (Phi) is 4.39. The molecule has 1 aliphatic heterocycles. The summed E-state index contributed by atoms with van der Waals surface area (Å²) in [4.78, 5) is 15.9. The number of ether oxygens (including phenoxy) is 1. The minimum absolute atomic E-state index is 0.354. The zero-order chi connectivity index (χ0) is 18.0. The van der Waals surface area contributed by atoms with Gasteiger partial charge >= 0.3 is 0 Å².